The van der Waals surface area contributed by atoms with Gasteiger partial charge in [0.15, 0.2) is 16.6 Å². The molecule has 1 aliphatic heterocycles. The number of nitrogens with zero attached hydrogens (tertiary/aromatic N) is 8. The summed E-state index contributed by atoms with van der Waals surface area (Å²) in [5.41, 5.74) is -3.77. The number of urea groups is 1. The summed E-state index contributed by atoms with van der Waals surface area (Å²) in [5, 5.41) is 23.4. The lowest BCUT2D eigenvalue weighted by molar-refractivity contribution is -0.181. The Bertz CT molecular complexity index is 1550. The van der Waals surface area contributed by atoms with E-state index in [1.807, 2.05) is 0 Å². The summed E-state index contributed by atoms with van der Waals surface area (Å²) >= 11 is 5.88. The van der Waals surface area contributed by atoms with Crippen molar-refractivity contribution in [3.8, 4) is 5.82 Å². The van der Waals surface area contributed by atoms with Crippen LogP contribution in [0.3, 0.4) is 0 Å². The second-order valence-electron chi connectivity index (χ2n) is 8.75. The maximum atomic E-state index is 14.2. The number of halogens is 6. The number of pyridine rings is 1. The third-order valence-corrected chi connectivity index (χ3v) is 6.29. The molecule has 0 saturated carbocycles. The van der Waals surface area contributed by atoms with Crippen LogP contribution in [-0.2, 0) is 5.41 Å². The van der Waals surface area contributed by atoms with Crippen LogP contribution in [0.1, 0.15) is 43.3 Å². The van der Waals surface area contributed by atoms with Gasteiger partial charge in [-0.3, -0.25) is 4.90 Å². The highest BCUT2D eigenvalue weighted by atomic mass is 35.5. The van der Waals surface area contributed by atoms with Gasteiger partial charge in [-0.05, 0) is 19.9 Å². The first-order valence-electron chi connectivity index (χ1n) is 10.9. The molecule has 2 amide bonds. The van der Waals surface area contributed by atoms with Gasteiger partial charge in [0.1, 0.15) is 11.1 Å². The first-order chi connectivity index (χ1) is 17.8. The molecule has 1 aliphatic rings. The zero-order chi connectivity index (χ0) is 27.6. The number of aromatic nitrogens is 7. The molecule has 0 aromatic carbocycles. The molecule has 2 N–H and O–H groups in total. The van der Waals surface area contributed by atoms with Crippen LogP contribution in [0.2, 0.25) is 5.15 Å². The summed E-state index contributed by atoms with van der Waals surface area (Å²) in [6.07, 6.45) is -5.57. The summed E-state index contributed by atoms with van der Waals surface area (Å²) in [6.45, 7) is 1.50. The van der Waals surface area contributed by atoms with Gasteiger partial charge < -0.3 is 10.4 Å². The van der Waals surface area contributed by atoms with Gasteiger partial charge in [0.05, 0.1) is 47.3 Å². The number of hydrogen-bond donors (Lipinski definition) is 2. The standard InChI is InChI=1S/C21H17ClF5N9O2/c1-9(37)12-6-30-36(32-12)18-11(17(23)24)3-10(5-29-18)31-19(38)34-8-20(2,21(25,26)27)16-13(34)7-28-15-4-14(22)33-35(15)16/h3-7,9,17,37H,8H2,1-2H3,(H,31,38)/t9?,20-/m1/s1. The van der Waals surface area contributed by atoms with Crippen molar-refractivity contribution >= 4 is 34.7 Å². The van der Waals surface area contributed by atoms with Crippen LogP contribution in [0, 0.1) is 0 Å². The Labute approximate surface area is 214 Å². The van der Waals surface area contributed by atoms with Crippen molar-refractivity contribution in [3.63, 3.8) is 0 Å². The van der Waals surface area contributed by atoms with Gasteiger partial charge in [0, 0.05) is 12.6 Å². The molecule has 0 saturated heterocycles. The van der Waals surface area contributed by atoms with Crippen LogP contribution in [0.15, 0.2) is 30.7 Å². The molecule has 5 heterocycles. The molecule has 200 valence electrons. The van der Waals surface area contributed by atoms with E-state index in [2.05, 4.69) is 30.6 Å². The van der Waals surface area contributed by atoms with E-state index in [0.29, 0.717) is 0 Å². The second kappa shape index (κ2) is 8.83. The SMILES string of the molecule is CC(O)c1cnn(-c2ncc(NC(=O)N3C[C@@](C)(C(F)(F)F)c4c3cnc3cc(Cl)nn43)cc2C(F)F)n1. The summed E-state index contributed by atoms with van der Waals surface area (Å²) in [5.74, 6) is -0.358. The maximum absolute atomic E-state index is 14.2. The number of hydrogen-bond acceptors (Lipinski definition) is 7. The Morgan fingerprint density at radius 3 is 2.55 bits per heavy atom. The van der Waals surface area contributed by atoms with Crippen molar-refractivity contribution in [3.05, 3.63) is 52.8 Å². The van der Waals surface area contributed by atoms with Crippen molar-refractivity contribution < 1.29 is 31.9 Å². The van der Waals surface area contributed by atoms with Crippen LogP contribution in [-0.4, -0.2) is 58.4 Å². The molecule has 1 unspecified atom stereocenters. The molecule has 0 bridgehead atoms. The van der Waals surface area contributed by atoms with Gasteiger partial charge in [-0.25, -0.2) is 28.1 Å². The Morgan fingerprint density at radius 1 is 1.18 bits per heavy atom. The maximum Gasteiger partial charge on any atom is 0.401 e. The summed E-state index contributed by atoms with van der Waals surface area (Å²) < 4.78 is 71.4. The fourth-order valence-corrected chi connectivity index (χ4v) is 4.30. The Balaban J connectivity index is 1.50. The molecule has 0 spiro atoms. The number of aliphatic hydroxyl groups is 1. The number of carbonyl (C=O) groups excluding carboxylic acids is 1. The lowest BCUT2D eigenvalue weighted by Crippen LogP contribution is -2.46. The van der Waals surface area contributed by atoms with Crippen LogP contribution in [0.4, 0.5) is 38.1 Å². The van der Waals surface area contributed by atoms with Crippen molar-refractivity contribution in [1.29, 1.82) is 0 Å². The molecular formula is C21H17ClF5N9O2. The van der Waals surface area contributed by atoms with E-state index in [0.717, 1.165) is 39.6 Å². The quantitative estimate of drug-likeness (QED) is 0.360. The molecule has 38 heavy (non-hydrogen) atoms. The first kappa shape index (κ1) is 25.7. The molecule has 2 atom stereocenters. The van der Waals surface area contributed by atoms with Crippen LogP contribution >= 0.6 is 11.6 Å². The third kappa shape index (κ3) is 4.09. The fraction of sp³-hybridized carbons (Fsp3) is 0.333. The molecule has 4 aromatic heterocycles. The van der Waals surface area contributed by atoms with Crippen LogP contribution in [0.25, 0.3) is 11.5 Å². The van der Waals surface area contributed by atoms with Gasteiger partial charge in [0.25, 0.3) is 6.43 Å². The molecule has 17 heteroatoms. The van der Waals surface area contributed by atoms with E-state index < -0.39 is 42.3 Å². The average molecular weight is 558 g/mol. The smallest absolute Gasteiger partial charge is 0.387 e. The number of nitrogens with one attached hydrogen (secondary N) is 1. The second-order valence-corrected chi connectivity index (χ2v) is 9.13. The Hall–Kier alpha value is -3.92. The number of aliphatic hydroxyl groups excluding tert-OH is 1. The van der Waals surface area contributed by atoms with Crippen LogP contribution < -0.4 is 10.2 Å². The number of rotatable bonds is 4. The zero-order valence-electron chi connectivity index (χ0n) is 19.4. The van der Waals surface area contributed by atoms with E-state index in [1.54, 1.807) is 0 Å². The Kier molecular flexibility index (Phi) is 5.98. The number of alkyl halides is 5. The molecule has 11 nitrogen and oxygen atoms in total. The van der Waals surface area contributed by atoms with Gasteiger partial charge in [-0.15, -0.1) is 9.90 Å². The van der Waals surface area contributed by atoms with E-state index in [1.165, 1.54) is 19.2 Å². The molecular weight excluding hydrogens is 541 g/mol. The third-order valence-electron chi connectivity index (χ3n) is 6.10. The number of carbonyl (C=O) groups is 1. The monoisotopic (exact) mass is 557 g/mol. The topological polar surface area (TPSA) is 126 Å². The highest BCUT2D eigenvalue weighted by Crippen LogP contribution is 2.50. The van der Waals surface area contributed by atoms with E-state index >= 15 is 0 Å². The van der Waals surface area contributed by atoms with E-state index in [4.69, 9.17) is 11.6 Å². The summed E-state index contributed by atoms with van der Waals surface area (Å²) in [4.78, 5) is 22.7. The van der Waals surface area contributed by atoms with Gasteiger partial charge in [-0.1, -0.05) is 11.6 Å². The molecule has 0 fully saturated rings. The first-order valence-corrected chi connectivity index (χ1v) is 11.3. The Morgan fingerprint density at radius 2 is 1.92 bits per heavy atom. The predicted molar refractivity (Wildman–Crippen MR) is 123 cm³/mol. The number of fused-ring (bicyclic) bond motifs is 3. The summed E-state index contributed by atoms with van der Waals surface area (Å²) in [7, 11) is 0. The van der Waals surface area contributed by atoms with Crippen molar-refractivity contribution in [1.82, 2.24) is 34.6 Å². The van der Waals surface area contributed by atoms with Crippen molar-refractivity contribution in [2.45, 2.75) is 38.0 Å². The largest absolute Gasteiger partial charge is 0.401 e. The molecule has 0 aliphatic carbocycles. The number of anilines is 2. The van der Waals surface area contributed by atoms with Crippen molar-refractivity contribution in [2.24, 2.45) is 0 Å². The highest BCUT2D eigenvalue weighted by Gasteiger charge is 2.60. The minimum atomic E-state index is -4.79. The minimum Gasteiger partial charge on any atom is -0.387 e. The van der Waals surface area contributed by atoms with Crippen molar-refractivity contribution in [2.75, 3.05) is 16.8 Å². The zero-order valence-corrected chi connectivity index (χ0v) is 20.2. The van der Waals surface area contributed by atoms with Gasteiger partial charge >= 0.3 is 12.2 Å². The predicted octanol–water partition coefficient (Wildman–Crippen LogP) is 4.22. The van der Waals surface area contributed by atoms with Gasteiger partial charge in [-0.2, -0.15) is 23.4 Å². The molecule has 0 radical (unpaired) electrons. The van der Waals surface area contributed by atoms with E-state index in [9.17, 15) is 31.9 Å². The number of amides is 2. The molecule has 4 aromatic rings. The fourth-order valence-electron chi connectivity index (χ4n) is 4.12. The lowest BCUT2D eigenvalue weighted by Gasteiger charge is -2.28. The summed E-state index contributed by atoms with van der Waals surface area (Å²) in [6, 6.07) is 1.14. The van der Waals surface area contributed by atoms with Crippen LogP contribution in [0.5, 0.6) is 0 Å². The average Bonchev–Trinajstić information content (AvgIpc) is 3.54. The molecule has 5 rings (SSSR count). The van der Waals surface area contributed by atoms with Gasteiger partial charge in [0.2, 0.25) is 0 Å². The normalized spacial score (nSPS) is 18.3. The highest BCUT2D eigenvalue weighted by molar-refractivity contribution is 6.29. The minimum absolute atomic E-state index is 0.0545. The lowest BCUT2D eigenvalue weighted by atomic mass is 9.88. The van der Waals surface area contributed by atoms with E-state index in [-0.39, 0.29) is 39.4 Å².